The molecule has 0 aliphatic carbocycles. The van der Waals surface area contributed by atoms with Gasteiger partial charge in [-0.05, 0) is 5.92 Å². The van der Waals surface area contributed by atoms with Crippen LogP contribution in [0.3, 0.4) is 0 Å². The van der Waals surface area contributed by atoms with Crippen molar-refractivity contribution in [2.45, 2.75) is 13.8 Å². The number of carbonyl (C=O) groups is 2. The normalized spacial score (nSPS) is 10.0. The van der Waals surface area contributed by atoms with Crippen LogP contribution in [0.25, 0.3) is 0 Å². The van der Waals surface area contributed by atoms with Gasteiger partial charge in [0.15, 0.2) is 0 Å². The van der Waals surface area contributed by atoms with Crippen LogP contribution in [0.2, 0.25) is 0 Å². The summed E-state index contributed by atoms with van der Waals surface area (Å²) < 4.78 is 4.60. The van der Waals surface area contributed by atoms with Gasteiger partial charge in [0.1, 0.15) is 6.73 Å². The summed E-state index contributed by atoms with van der Waals surface area (Å²) in [5.74, 6) is 0.0967. The molecule has 0 spiro atoms. The highest BCUT2D eigenvalue weighted by atomic mass is 16.5. The summed E-state index contributed by atoms with van der Waals surface area (Å²) in [4.78, 5) is 22.6. The minimum atomic E-state index is -1.26. The molecule has 14 heavy (non-hydrogen) atoms. The summed E-state index contributed by atoms with van der Waals surface area (Å²) >= 11 is 0. The van der Waals surface area contributed by atoms with Gasteiger partial charge in [-0.25, -0.2) is 14.5 Å². The largest absolute Gasteiger partial charge is 0.465 e. The Balaban J connectivity index is 4.19. The third kappa shape index (κ3) is 4.66. The zero-order chi connectivity index (χ0) is 11.1. The maximum absolute atomic E-state index is 11.2. The van der Waals surface area contributed by atoms with E-state index in [0.717, 1.165) is 4.90 Å². The fourth-order valence-electron chi connectivity index (χ4n) is 0.842. The van der Waals surface area contributed by atoms with Gasteiger partial charge in [0, 0.05) is 13.7 Å². The van der Waals surface area contributed by atoms with Crippen LogP contribution in [-0.4, -0.2) is 42.5 Å². The van der Waals surface area contributed by atoms with Gasteiger partial charge in [-0.15, -0.1) is 0 Å². The Bertz CT molecular complexity index is 206. The minimum absolute atomic E-state index is 0.000703. The number of methoxy groups -OCH3 is 1. The molecule has 6 heteroatoms. The number of amides is 3. The van der Waals surface area contributed by atoms with Crippen molar-refractivity contribution in [3.63, 3.8) is 0 Å². The van der Waals surface area contributed by atoms with Gasteiger partial charge in [-0.3, -0.25) is 0 Å². The highest BCUT2D eigenvalue weighted by molar-refractivity contribution is 5.89. The molecule has 0 radical (unpaired) electrons. The Morgan fingerprint density at radius 1 is 1.50 bits per heavy atom. The fourth-order valence-corrected chi connectivity index (χ4v) is 0.842. The molecule has 0 atom stereocenters. The van der Waals surface area contributed by atoms with Crippen LogP contribution in [0.15, 0.2) is 0 Å². The Morgan fingerprint density at radius 2 is 2.07 bits per heavy atom. The van der Waals surface area contributed by atoms with Crippen molar-refractivity contribution in [3.8, 4) is 0 Å². The molecule has 0 heterocycles. The van der Waals surface area contributed by atoms with Gasteiger partial charge in [0.25, 0.3) is 0 Å². The van der Waals surface area contributed by atoms with Crippen LogP contribution in [-0.2, 0) is 4.74 Å². The summed E-state index contributed by atoms with van der Waals surface area (Å²) in [6, 6.07) is -0.659. The Kier molecular flexibility index (Phi) is 5.62. The average Bonchev–Trinajstić information content (AvgIpc) is 2.09. The molecular weight excluding hydrogens is 188 g/mol. The second-order valence-electron chi connectivity index (χ2n) is 3.20. The molecule has 0 saturated heterocycles. The maximum atomic E-state index is 11.2. The van der Waals surface area contributed by atoms with E-state index in [1.807, 2.05) is 13.8 Å². The summed E-state index contributed by atoms with van der Waals surface area (Å²) in [5.41, 5.74) is 0. The van der Waals surface area contributed by atoms with Gasteiger partial charge in [0.2, 0.25) is 0 Å². The molecule has 0 aromatic carbocycles. The van der Waals surface area contributed by atoms with Crippen molar-refractivity contribution in [3.05, 3.63) is 0 Å². The van der Waals surface area contributed by atoms with Crippen LogP contribution in [0, 0.1) is 5.92 Å². The highest BCUT2D eigenvalue weighted by Gasteiger charge is 2.20. The summed E-state index contributed by atoms with van der Waals surface area (Å²) in [6.07, 6.45) is -1.26. The lowest BCUT2D eigenvalue weighted by Gasteiger charge is -2.19. The number of nitrogens with one attached hydrogen (secondary N) is 1. The summed E-state index contributed by atoms with van der Waals surface area (Å²) in [6.45, 7) is 3.84. The third-order valence-corrected chi connectivity index (χ3v) is 1.39. The molecular formula is C8H16N2O4. The highest BCUT2D eigenvalue weighted by Crippen LogP contribution is 1.99. The molecule has 82 valence electrons. The van der Waals surface area contributed by atoms with E-state index in [1.165, 1.54) is 7.11 Å². The van der Waals surface area contributed by atoms with Gasteiger partial charge in [-0.2, -0.15) is 0 Å². The second kappa shape index (κ2) is 6.20. The van der Waals surface area contributed by atoms with Crippen molar-refractivity contribution in [2.24, 2.45) is 5.92 Å². The van der Waals surface area contributed by atoms with E-state index in [0.29, 0.717) is 0 Å². The van der Waals surface area contributed by atoms with Crippen LogP contribution < -0.4 is 5.32 Å². The molecule has 0 fully saturated rings. The van der Waals surface area contributed by atoms with Gasteiger partial charge in [0.05, 0.1) is 0 Å². The lowest BCUT2D eigenvalue weighted by molar-refractivity contribution is 0.131. The van der Waals surface area contributed by atoms with Crippen LogP contribution in [0.4, 0.5) is 9.59 Å². The molecule has 0 bridgehead atoms. The van der Waals surface area contributed by atoms with Crippen LogP contribution in [0.5, 0.6) is 0 Å². The molecule has 6 nitrogen and oxygen atoms in total. The smallest absolute Gasteiger partial charge is 0.415 e. The van der Waals surface area contributed by atoms with E-state index in [4.69, 9.17) is 5.11 Å². The van der Waals surface area contributed by atoms with E-state index >= 15 is 0 Å². The van der Waals surface area contributed by atoms with Crippen molar-refractivity contribution in [1.82, 2.24) is 10.2 Å². The molecule has 0 aliphatic heterocycles. The number of hydrogen-bond donors (Lipinski definition) is 2. The number of rotatable bonds is 4. The monoisotopic (exact) mass is 204 g/mol. The van der Waals surface area contributed by atoms with Crippen molar-refractivity contribution >= 4 is 12.1 Å². The number of urea groups is 1. The Hall–Kier alpha value is -1.30. The maximum Gasteiger partial charge on any atom is 0.415 e. The topological polar surface area (TPSA) is 78.9 Å². The van der Waals surface area contributed by atoms with Crippen molar-refractivity contribution < 1.29 is 19.4 Å². The first-order valence-corrected chi connectivity index (χ1v) is 4.26. The number of hydrogen-bond acceptors (Lipinski definition) is 3. The first-order valence-electron chi connectivity index (χ1n) is 4.26. The number of nitrogens with zero attached hydrogens (tertiary/aromatic N) is 1. The fraction of sp³-hybridized carbons (Fsp3) is 0.750. The molecule has 0 aliphatic rings. The number of imide groups is 1. The summed E-state index contributed by atoms with van der Waals surface area (Å²) in [7, 11) is 1.41. The second-order valence-corrected chi connectivity index (χ2v) is 3.20. The molecule has 3 amide bonds. The third-order valence-electron chi connectivity index (χ3n) is 1.39. The predicted molar refractivity (Wildman–Crippen MR) is 50.0 cm³/mol. The first-order chi connectivity index (χ1) is 6.49. The van der Waals surface area contributed by atoms with E-state index < -0.39 is 12.1 Å². The standard InChI is InChI=1S/C8H16N2O4/c1-6(2)4-10(8(12)13)7(11)9-5-14-3/h6H,4-5H2,1-3H3,(H,9,11)(H,12,13). The predicted octanol–water partition coefficient (Wildman–Crippen LogP) is 0.936. The lowest BCUT2D eigenvalue weighted by Crippen LogP contribution is -2.45. The summed E-state index contributed by atoms with van der Waals surface area (Å²) in [5, 5.41) is 11.0. The van der Waals surface area contributed by atoms with Gasteiger partial charge in [-0.1, -0.05) is 13.8 Å². The van der Waals surface area contributed by atoms with Gasteiger partial charge >= 0.3 is 12.1 Å². The zero-order valence-corrected chi connectivity index (χ0v) is 8.61. The molecule has 0 aromatic rings. The average molecular weight is 204 g/mol. The van der Waals surface area contributed by atoms with Crippen molar-refractivity contribution in [1.29, 1.82) is 0 Å². The molecule has 2 N–H and O–H groups in total. The number of ether oxygens (including phenoxy) is 1. The van der Waals surface area contributed by atoms with Gasteiger partial charge < -0.3 is 15.2 Å². The Labute approximate surface area is 82.8 Å². The Morgan fingerprint density at radius 3 is 2.43 bits per heavy atom. The van der Waals surface area contributed by atoms with Crippen LogP contribution >= 0.6 is 0 Å². The first kappa shape index (κ1) is 12.7. The molecule has 0 rings (SSSR count). The molecule has 0 unspecified atom stereocenters. The lowest BCUT2D eigenvalue weighted by atomic mass is 10.2. The molecule has 0 saturated carbocycles. The molecule has 0 aromatic heterocycles. The zero-order valence-electron chi connectivity index (χ0n) is 8.61. The number of carbonyl (C=O) groups excluding carboxylic acids is 1. The van der Waals surface area contributed by atoms with Crippen LogP contribution in [0.1, 0.15) is 13.8 Å². The minimum Gasteiger partial charge on any atom is -0.465 e. The van der Waals surface area contributed by atoms with Crippen molar-refractivity contribution in [2.75, 3.05) is 20.4 Å². The number of carboxylic acid groups (broad SMARTS) is 1. The van der Waals surface area contributed by atoms with E-state index in [1.54, 1.807) is 0 Å². The van der Waals surface area contributed by atoms with E-state index in [2.05, 4.69) is 10.1 Å². The quantitative estimate of drug-likeness (QED) is 0.668. The van der Waals surface area contributed by atoms with E-state index in [-0.39, 0.29) is 19.2 Å². The van der Waals surface area contributed by atoms with E-state index in [9.17, 15) is 9.59 Å². The SMILES string of the molecule is COCNC(=O)N(CC(C)C)C(=O)O.